The van der Waals surface area contributed by atoms with Gasteiger partial charge in [-0.15, -0.1) is 5.10 Å². The summed E-state index contributed by atoms with van der Waals surface area (Å²) in [5.41, 5.74) is 2.52. The monoisotopic (exact) mass is 398 g/mol. The Balaban J connectivity index is 1.38. The highest BCUT2D eigenvalue weighted by Crippen LogP contribution is 2.27. The average Bonchev–Trinajstić information content (AvgIpc) is 3.41. The van der Waals surface area contributed by atoms with Crippen LogP contribution in [0, 0.1) is 0 Å². The zero-order valence-electron chi connectivity index (χ0n) is 16.1. The first-order chi connectivity index (χ1) is 14.1. The minimum absolute atomic E-state index is 0.217. The highest BCUT2D eigenvalue weighted by molar-refractivity contribution is 6.08. The number of imide groups is 1. The van der Waals surface area contributed by atoms with Crippen molar-refractivity contribution < 1.29 is 19.1 Å². The summed E-state index contributed by atoms with van der Waals surface area (Å²) in [4.78, 5) is 40.3. The number of methoxy groups -OCH3 is 1. The standard InChI is InChI=1S/C19H22N6O4/c1-29-9-8-23-11-14(21-22-23)10-15-18(27)25(19(28)20-15)12-17(26)24-7-6-13-4-2-3-5-16(13)24/h2-5,11,15H,6-10,12H2,1H3,(H,20,28)/t15-/m1/s1. The Morgan fingerprint density at radius 3 is 2.97 bits per heavy atom. The minimum atomic E-state index is -0.756. The molecule has 1 saturated heterocycles. The number of benzene rings is 1. The van der Waals surface area contributed by atoms with E-state index in [9.17, 15) is 14.4 Å². The maximum atomic E-state index is 12.7. The second-order valence-corrected chi connectivity index (χ2v) is 7.02. The van der Waals surface area contributed by atoms with Crippen LogP contribution in [0.4, 0.5) is 10.5 Å². The van der Waals surface area contributed by atoms with Gasteiger partial charge < -0.3 is 15.0 Å². The van der Waals surface area contributed by atoms with Gasteiger partial charge >= 0.3 is 6.03 Å². The van der Waals surface area contributed by atoms with Gasteiger partial charge in [0.1, 0.15) is 12.6 Å². The van der Waals surface area contributed by atoms with E-state index in [-0.39, 0.29) is 18.9 Å². The van der Waals surface area contributed by atoms with Gasteiger partial charge in [-0.1, -0.05) is 23.4 Å². The lowest BCUT2D eigenvalue weighted by molar-refractivity contribution is -0.131. The van der Waals surface area contributed by atoms with Crippen molar-refractivity contribution in [1.82, 2.24) is 25.2 Å². The van der Waals surface area contributed by atoms with Gasteiger partial charge in [0.25, 0.3) is 5.91 Å². The predicted molar refractivity (Wildman–Crippen MR) is 102 cm³/mol. The molecular weight excluding hydrogens is 376 g/mol. The molecule has 2 aliphatic rings. The van der Waals surface area contributed by atoms with Crippen LogP contribution in [0.5, 0.6) is 0 Å². The Morgan fingerprint density at radius 2 is 2.14 bits per heavy atom. The molecule has 1 fully saturated rings. The lowest BCUT2D eigenvalue weighted by Gasteiger charge is -2.20. The molecule has 0 unspecified atom stereocenters. The number of carbonyl (C=O) groups is 3. The van der Waals surface area contributed by atoms with Crippen LogP contribution in [-0.4, -0.2) is 70.6 Å². The third kappa shape index (κ3) is 3.83. The number of anilines is 1. The highest BCUT2D eigenvalue weighted by Gasteiger charge is 2.40. The normalized spacial score (nSPS) is 18.3. The first kappa shape index (κ1) is 19.1. The van der Waals surface area contributed by atoms with E-state index in [0.29, 0.717) is 25.4 Å². The van der Waals surface area contributed by atoms with Gasteiger partial charge in [-0.3, -0.25) is 14.5 Å². The van der Waals surface area contributed by atoms with Crippen LogP contribution in [0.3, 0.4) is 0 Å². The zero-order valence-corrected chi connectivity index (χ0v) is 16.1. The van der Waals surface area contributed by atoms with Gasteiger partial charge in [0, 0.05) is 32.0 Å². The van der Waals surface area contributed by atoms with Crippen LogP contribution in [0.2, 0.25) is 0 Å². The zero-order chi connectivity index (χ0) is 20.4. The van der Waals surface area contributed by atoms with Gasteiger partial charge in [-0.05, 0) is 18.1 Å². The molecule has 4 rings (SSSR count). The largest absolute Gasteiger partial charge is 0.383 e. The van der Waals surface area contributed by atoms with E-state index >= 15 is 0 Å². The molecule has 0 saturated carbocycles. The molecule has 2 aliphatic heterocycles. The van der Waals surface area contributed by atoms with Gasteiger partial charge in [0.05, 0.1) is 18.8 Å². The lowest BCUT2D eigenvalue weighted by Crippen LogP contribution is -2.43. The third-order valence-electron chi connectivity index (χ3n) is 5.11. The highest BCUT2D eigenvalue weighted by atomic mass is 16.5. The second kappa shape index (κ2) is 8.00. The summed E-state index contributed by atoms with van der Waals surface area (Å²) < 4.78 is 6.61. The van der Waals surface area contributed by atoms with Crippen LogP contribution < -0.4 is 10.2 Å². The molecule has 0 aliphatic carbocycles. The fourth-order valence-electron chi connectivity index (χ4n) is 3.62. The van der Waals surface area contributed by atoms with Crippen molar-refractivity contribution in [3.8, 4) is 0 Å². The number of rotatable bonds is 7. The predicted octanol–water partition coefficient (Wildman–Crippen LogP) is -0.0233. The van der Waals surface area contributed by atoms with Gasteiger partial charge in [0.15, 0.2) is 0 Å². The lowest BCUT2D eigenvalue weighted by atomic mass is 10.1. The van der Waals surface area contributed by atoms with Crippen molar-refractivity contribution in [2.24, 2.45) is 0 Å². The maximum absolute atomic E-state index is 12.7. The van der Waals surface area contributed by atoms with Crippen LogP contribution in [0.1, 0.15) is 11.3 Å². The van der Waals surface area contributed by atoms with Crippen molar-refractivity contribution in [2.45, 2.75) is 25.4 Å². The van der Waals surface area contributed by atoms with Crippen molar-refractivity contribution in [3.63, 3.8) is 0 Å². The Bertz CT molecular complexity index is 942. The molecule has 1 N–H and O–H groups in total. The topological polar surface area (TPSA) is 110 Å². The molecule has 0 radical (unpaired) electrons. The number of para-hydroxylation sites is 1. The van der Waals surface area contributed by atoms with E-state index in [1.165, 1.54) is 0 Å². The number of amides is 4. The van der Waals surface area contributed by atoms with E-state index < -0.39 is 18.0 Å². The first-order valence-corrected chi connectivity index (χ1v) is 9.45. The van der Waals surface area contributed by atoms with E-state index in [0.717, 1.165) is 22.6 Å². The number of fused-ring (bicyclic) bond motifs is 1. The van der Waals surface area contributed by atoms with Crippen LogP contribution in [0.25, 0.3) is 0 Å². The summed E-state index contributed by atoms with van der Waals surface area (Å²) in [5, 5.41) is 10.6. The molecule has 152 valence electrons. The SMILES string of the molecule is COCCn1cc(C[C@H]2NC(=O)N(CC(=O)N3CCc4ccccc43)C2=O)nn1. The molecule has 2 aromatic rings. The molecule has 10 nitrogen and oxygen atoms in total. The smallest absolute Gasteiger partial charge is 0.325 e. The Hall–Kier alpha value is -3.27. The molecule has 0 bridgehead atoms. The summed E-state index contributed by atoms with van der Waals surface area (Å²) in [6.07, 6.45) is 2.70. The fourth-order valence-corrected chi connectivity index (χ4v) is 3.62. The summed E-state index contributed by atoms with van der Waals surface area (Å²) in [6.45, 7) is 1.32. The number of nitrogens with zero attached hydrogens (tertiary/aromatic N) is 5. The fraction of sp³-hybridized carbons (Fsp3) is 0.421. The Morgan fingerprint density at radius 1 is 1.31 bits per heavy atom. The van der Waals surface area contributed by atoms with Gasteiger partial charge in [-0.2, -0.15) is 0 Å². The Kier molecular flexibility index (Phi) is 5.26. The van der Waals surface area contributed by atoms with E-state index in [4.69, 9.17) is 4.74 Å². The number of ether oxygens (including phenoxy) is 1. The molecule has 1 aromatic carbocycles. The van der Waals surface area contributed by atoms with Crippen molar-refractivity contribution in [3.05, 3.63) is 41.7 Å². The molecule has 4 amide bonds. The van der Waals surface area contributed by atoms with Crippen molar-refractivity contribution >= 4 is 23.5 Å². The number of urea groups is 1. The van der Waals surface area contributed by atoms with E-state index in [2.05, 4.69) is 15.6 Å². The van der Waals surface area contributed by atoms with Crippen molar-refractivity contribution in [1.29, 1.82) is 0 Å². The number of aromatic nitrogens is 3. The van der Waals surface area contributed by atoms with E-state index in [1.807, 2.05) is 24.3 Å². The summed E-state index contributed by atoms with van der Waals surface area (Å²) in [6, 6.07) is 6.34. The molecule has 1 aromatic heterocycles. The quantitative estimate of drug-likeness (QED) is 0.657. The Labute approximate surface area is 167 Å². The van der Waals surface area contributed by atoms with Gasteiger partial charge in [-0.25, -0.2) is 9.48 Å². The minimum Gasteiger partial charge on any atom is -0.383 e. The molecule has 3 heterocycles. The molecule has 0 spiro atoms. The van der Waals surface area contributed by atoms with Crippen molar-refractivity contribution in [2.75, 3.05) is 31.7 Å². The number of nitrogens with one attached hydrogen (secondary N) is 1. The average molecular weight is 398 g/mol. The molecular formula is C19H22N6O4. The maximum Gasteiger partial charge on any atom is 0.325 e. The molecule has 29 heavy (non-hydrogen) atoms. The molecule has 1 atom stereocenters. The summed E-state index contributed by atoms with van der Waals surface area (Å²) in [7, 11) is 1.60. The third-order valence-corrected chi connectivity index (χ3v) is 5.11. The van der Waals surface area contributed by atoms with Crippen LogP contribution >= 0.6 is 0 Å². The number of hydrogen-bond acceptors (Lipinski definition) is 6. The number of hydrogen-bond donors (Lipinski definition) is 1. The summed E-state index contributed by atoms with van der Waals surface area (Å²) >= 11 is 0. The van der Waals surface area contributed by atoms with Crippen LogP contribution in [-0.2, 0) is 33.7 Å². The van der Waals surface area contributed by atoms with Crippen LogP contribution in [0.15, 0.2) is 30.5 Å². The van der Waals surface area contributed by atoms with E-state index in [1.54, 1.807) is 22.9 Å². The second-order valence-electron chi connectivity index (χ2n) is 7.02. The first-order valence-electron chi connectivity index (χ1n) is 9.45. The van der Waals surface area contributed by atoms with Gasteiger partial charge in [0.2, 0.25) is 5.91 Å². The molecule has 10 heteroatoms. The number of carbonyl (C=O) groups excluding carboxylic acids is 3. The summed E-state index contributed by atoms with van der Waals surface area (Å²) in [5.74, 6) is -0.702.